The van der Waals surface area contributed by atoms with Crippen molar-refractivity contribution >= 4 is 12.4 Å². The number of carbonyl (C=O) groups is 2. The molecule has 0 unspecified atom stereocenters. The van der Waals surface area contributed by atoms with Crippen molar-refractivity contribution in [1.82, 2.24) is 4.90 Å². The van der Waals surface area contributed by atoms with E-state index < -0.39 is 24.0 Å². The van der Waals surface area contributed by atoms with Crippen molar-refractivity contribution in [2.75, 3.05) is 0 Å². The first kappa shape index (κ1) is 14.3. The van der Waals surface area contributed by atoms with Crippen LogP contribution in [0.1, 0.15) is 25.5 Å². The fourth-order valence-electron chi connectivity index (χ4n) is 2.54. The number of carboxylic acid groups (broad SMARTS) is 1. The maximum absolute atomic E-state index is 11.5. The van der Waals surface area contributed by atoms with E-state index in [0.717, 1.165) is 5.56 Å². The number of allylic oxidation sites excluding steroid dienone is 1. The molecule has 0 aliphatic carbocycles. The van der Waals surface area contributed by atoms with Gasteiger partial charge in [0.2, 0.25) is 0 Å². The van der Waals surface area contributed by atoms with Crippen molar-refractivity contribution in [3.05, 3.63) is 48.0 Å². The normalized spacial score (nSPS) is 25.0. The Labute approximate surface area is 117 Å². The molecule has 1 heterocycles. The Bertz CT molecular complexity index is 524. The molecule has 1 amide bonds. The second-order valence-electron chi connectivity index (χ2n) is 5.06. The Morgan fingerprint density at radius 2 is 2.00 bits per heavy atom. The number of benzene rings is 1. The summed E-state index contributed by atoms with van der Waals surface area (Å²) in [5.74, 6) is 0. The molecule has 0 bridgehead atoms. The molecule has 1 aliphatic rings. The number of aldehydes is 1. The van der Waals surface area contributed by atoms with Gasteiger partial charge in [0.15, 0.2) is 0 Å². The molecule has 1 saturated heterocycles. The molecule has 5 nitrogen and oxygen atoms in total. The van der Waals surface area contributed by atoms with Gasteiger partial charge in [0.25, 0.3) is 0 Å². The predicted molar refractivity (Wildman–Crippen MR) is 73.2 cm³/mol. The van der Waals surface area contributed by atoms with Crippen molar-refractivity contribution in [3.8, 4) is 0 Å². The third kappa shape index (κ3) is 2.58. The molecule has 106 valence electrons. The van der Waals surface area contributed by atoms with Gasteiger partial charge in [-0.1, -0.05) is 36.4 Å². The van der Waals surface area contributed by atoms with Gasteiger partial charge < -0.3 is 9.84 Å². The number of carbonyl (C=O) groups excluding carboxylic acids is 1. The van der Waals surface area contributed by atoms with Gasteiger partial charge in [-0.2, -0.15) is 0 Å². The minimum atomic E-state index is -1.08. The molecule has 0 aromatic heterocycles. The molecular weight excluding hydrogens is 258 g/mol. The van der Waals surface area contributed by atoms with Crippen LogP contribution in [0, 0.1) is 0 Å². The maximum Gasteiger partial charge on any atom is 0.410 e. The van der Waals surface area contributed by atoms with E-state index in [0.29, 0.717) is 6.29 Å². The van der Waals surface area contributed by atoms with E-state index in [4.69, 9.17) is 4.74 Å². The molecule has 0 saturated carbocycles. The van der Waals surface area contributed by atoms with Crippen LogP contribution in [0.25, 0.3) is 0 Å². The van der Waals surface area contributed by atoms with E-state index in [2.05, 4.69) is 0 Å². The zero-order valence-corrected chi connectivity index (χ0v) is 11.4. The first-order valence-corrected chi connectivity index (χ1v) is 6.34. The van der Waals surface area contributed by atoms with Crippen molar-refractivity contribution in [3.63, 3.8) is 0 Å². The standard InChI is InChI=1S/C15H17NO4/c1-15(2)16(14(18)19)12(9-6-10-17)13(20-15)11-7-4-3-5-8-11/h3-10,12-13H,1-2H3,(H,18,19)/t12-,13-/m1/s1. The van der Waals surface area contributed by atoms with Crippen molar-refractivity contribution in [1.29, 1.82) is 0 Å². The molecule has 0 spiro atoms. The second-order valence-corrected chi connectivity index (χ2v) is 5.06. The van der Waals surface area contributed by atoms with Crippen LogP contribution in [0.4, 0.5) is 4.79 Å². The summed E-state index contributed by atoms with van der Waals surface area (Å²) in [6.45, 7) is 3.40. The van der Waals surface area contributed by atoms with Crippen LogP contribution < -0.4 is 0 Å². The number of amides is 1. The van der Waals surface area contributed by atoms with Crippen LogP contribution in [0.5, 0.6) is 0 Å². The molecular formula is C15H17NO4. The van der Waals surface area contributed by atoms with Gasteiger partial charge in [-0.25, -0.2) is 4.79 Å². The summed E-state index contributed by atoms with van der Waals surface area (Å²) in [5.41, 5.74) is -0.0746. The molecule has 2 rings (SSSR count). The van der Waals surface area contributed by atoms with E-state index in [1.807, 2.05) is 30.3 Å². The van der Waals surface area contributed by atoms with Crippen LogP contribution in [0.3, 0.4) is 0 Å². The van der Waals surface area contributed by atoms with E-state index in [1.54, 1.807) is 19.9 Å². The summed E-state index contributed by atoms with van der Waals surface area (Å²) in [4.78, 5) is 23.3. The second kappa shape index (κ2) is 5.46. The van der Waals surface area contributed by atoms with Gasteiger partial charge in [-0.15, -0.1) is 0 Å². The van der Waals surface area contributed by atoms with Gasteiger partial charge in [0, 0.05) is 0 Å². The average Bonchev–Trinajstić information content (AvgIpc) is 2.68. The SMILES string of the molecule is CC1(C)O[C@H](c2ccccc2)[C@@H](C=CC=O)N1C(=O)O. The Balaban J connectivity index is 2.43. The maximum atomic E-state index is 11.5. The summed E-state index contributed by atoms with van der Waals surface area (Å²) in [6, 6.07) is 8.86. The van der Waals surface area contributed by atoms with E-state index in [1.165, 1.54) is 11.0 Å². The Kier molecular flexibility index (Phi) is 3.90. The monoisotopic (exact) mass is 275 g/mol. The number of nitrogens with zero attached hydrogens (tertiary/aromatic N) is 1. The van der Waals surface area contributed by atoms with Crippen LogP contribution in [-0.4, -0.2) is 34.2 Å². The number of ether oxygens (including phenoxy) is 1. The lowest BCUT2D eigenvalue weighted by Gasteiger charge is -2.29. The summed E-state index contributed by atoms with van der Waals surface area (Å²) < 4.78 is 5.90. The lowest BCUT2D eigenvalue weighted by molar-refractivity contribution is -0.104. The lowest BCUT2D eigenvalue weighted by Crippen LogP contribution is -2.46. The zero-order chi connectivity index (χ0) is 14.8. The average molecular weight is 275 g/mol. The summed E-state index contributed by atoms with van der Waals surface area (Å²) in [7, 11) is 0. The molecule has 1 aromatic carbocycles. The first-order chi connectivity index (χ1) is 9.47. The Morgan fingerprint density at radius 1 is 1.35 bits per heavy atom. The minimum absolute atomic E-state index is 0.432. The smallest absolute Gasteiger partial charge is 0.410 e. The molecule has 1 aliphatic heterocycles. The number of rotatable bonds is 3. The molecule has 2 atom stereocenters. The van der Waals surface area contributed by atoms with Gasteiger partial charge in [-0.05, 0) is 25.5 Å². The van der Waals surface area contributed by atoms with Gasteiger partial charge in [0.05, 0.1) is 6.04 Å². The fraction of sp³-hybridized carbons (Fsp3) is 0.333. The third-order valence-electron chi connectivity index (χ3n) is 3.32. The highest BCUT2D eigenvalue weighted by Crippen LogP contribution is 2.41. The minimum Gasteiger partial charge on any atom is -0.465 e. The van der Waals surface area contributed by atoms with Crippen LogP contribution >= 0.6 is 0 Å². The van der Waals surface area contributed by atoms with E-state index in [-0.39, 0.29) is 0 Å². The summed E-state index contributed by atoms with van der Waals surface area (Å²) >= 11 is 0. The van der Waals surface area contributed by atoms with Gasteiger partial charge in [0.1, 0.15) is 18.1 Å². The Morgan fingerprint density at radius 3 is 2.55 bits per heavy atom. The number of hydrogen-bond donors (Lipinski definition) is 1. The highest BCUT2D eigenvalue weighted by Gasteiger charge is 2.49. The van der Waals surface area contributed by atoms with Gasteiger partial charge in [-0.3, -0.25) is 9.69 Å². The lowest BCUT2D eigenvalue weighted by atomic mass is 10.0. The van der Waals surface area contributed by atoms with Crippen LogP contribution in [0.15, 0.2) is 42.5 Å². The van der Waals surface area contributed by atoms with Gasteiger partial charge >= 0.3 is 6.09 Å². The Hall–Kier alpha value is -2.14. The van der Waals surface area contributed by atoms with Crippen LogP contribution in [-0.2, 0) is 9.53 Å². The fourth-order valence-corrected chi connectivity index (χ4v) is 2.54. The van der Waals surface area contributed by atoms with Crippen LogP contribution in [0.2, 0.25) is 0 Å². The van der Waals surface area contributed by atoms with E-state index in [9.17, 15) is 14.7 Å². The molecule has 1 N–H and O–H groups in total. The van der Waals surface area contributed by atoms with E-state index >= 15 is 0 Å². The summed E-state index contributed by atoms with van der Waals surface area (Å²) in [6.07, 6.45) is 2.00. The first-order valence-electron chi connectivity index (χ1n) is 6.34. The van der Waals surface area contributed by atoms with Crippen molar-refractivity contribution in [2.24, 2.45) is 0 Å². The molecule has 0 radical (unpaired) electrons. The molecule has 1 fully saturated rings. The molecule has 20 heavy (non-hydrogen) atoms. The highest BCUT2D eigenvalue weighted by atomic mass is 16.6. The number of hydrogen-bond acceptors (Lipinski definition) is 3. The molecule has 5 heteroatoms. The zero-order valence-electron chi connectivity index (χ0n) is 11.4. The quantitative estimate of drug-likeness (QED) is 0.680. The van der Waals surface area contributed by atoms with Crippen molar-refractivity contribution in [2.45, 2.75) is 31.7 Å². The molecule has 1 aromatic rings. The largest absolute Gasteiger partial charge is 0.465 e. The topological polar surface area (TPSA) is 66.8 Å². The predicted octanol–water partition coefficient (Wildman–Crippen LogP) is 2.60. The third-order valence-corrected chi connectivity index (χ3v) is 3.32. The highest BCUT2D eigenvalue weighted by molar-refractivity contribution is 5.69. The summed E-state index contributed by atoms with van der Waals surface area (Å²) in [5, 5.41) is 9.41. The van der Waals surface area contributed by atoms with Crippen molar-refractivity contribution < 1.29 is 19.4 Å².